The first-order chi connectivity index (χ1) is 11.5. The van der Waals surface area contributed by atoms with Gasteiger partial charge in [0.2, 0.25) is 0 Å². The Bertz CT molecular complexity index is 667. The van der Waals surface area contributed by atoms with Gasteiger partial charge in [0.1, 0.15) is 0 Å². The van der Waals surface area contributed by atoms with Crippen LogP contribution in [0.4, 0.5) is 0 Å². The highest BCUT2D eigenvalue weighted by Crippen LogP contribution is 2.32. The summed E-state index contributed by atoms with van der Waals surface area (Å²) >= 11 is 0. The average Bonchev–Trinajstić information content (AvgIpc) is 3.17. The van der Waals surface area contributed by atoms with E-state index in [1.807, 2.05) is 10.9 Å². The number of aromatic nitrogens is 4. The molecule has 2 aromatic rings. The number of nitrogens with zero attached hydrogens (tertiary/aromatic N) is 4. The highest BCUT2D eigenvalue weighted by atomic mass is 16.5. The van der Waals surface area contributed by atoms with E-state index in [0.717, 1.165) is 19.5 Å². The van der Waals surface area contributed by atoms with E-state index in [9.17, 15) is 0 Å². The van der Waals surface area contributed by atoms with E-state index in [1.54, 1.807) is 7.11 Å². The van der Waals surface area contributed by atoms with Crippen LogP contribution in [0.3, 0.4) is 0 Å². The van der Waals surface area contributed by atoms with Crippen molar-refractivity contribution < 1.29 is 4.74 Å². The van der Waals surface area contributed by atoms with Gasteiger partial charge < -0.3 is 10.1 Å². The molecule has 0 spiro atoms. The summed E-state index contributed by atoms with van der Waals surface area (Å²) in [5, 5.41) is 12.7. The molecule has 2 aromatic heterocycles. The third-order valence-corrected chi connectivity index (χ3v) is 4.58. The molecule has 0 radical (unpaired) electrons. The van der Waals surface area contributed by atoms with Gasteiger partial charge in [0.05, 0.1) is 31.1 Å². The van der Waals surface area contributed by atoms with Gasteiger partial charge in [-0.3, -0.25) is 9.36 Å². The predicted octanol–water partition coefficient (Wildman–Crippen LogP) is 2.65. The van der Waals surface area contributed by atoms with Crippen molar-refractivity contribution in [3.63, 3.8) is 0 Å². The molecule has 0 bridgehead atoms. The quantitative estimate of drug-likeness (QED) is 0.884. The van der Waals surface area contributed by atoms with Gasteiger partial charge in [0, 0.05) is 42.7 Å². The van der Waals surface area contributed by atoms with Crippen LogP contribution in [0.2, 0.25) is 0 Å². The number of rotatable bonds is 6. The zero-order valence-electron chi connectivity index (χ0n) is 15.2. The maximum Gasteiger partial charge on any atom is 0.0658 e. The number of nitrogens with one attached hydrogen (secondary N) is 1. The Hall–Kier alpha value is -1.66. The molecule has 1 aliphatic rings. The summed E-state index contributed by atoms with van der Waals surface area (Å²) in [4.78, 5) is 0. The molecule has 1 aliphatic carbocycles. The normalized spacial score (nSPS) is 17.9. The molecule has 0 saturated heterocycles. The highest BCUT2D eigenvalue weighted by Gasteiger charge is 2.27. The minimum absolute atomic E-state index is 0.0396. The Labute approximate surface area is 144 Å². The zero-order valence-corrected chi connectivity index (χ0v) is 15.2. The van der Waals surface area contributed by atoms with E-state index in [2.05, 4.69) is 53.4 Å². The topological polar surface area (TPSA) is 56.9 Å². The molecule has 132 valence electrons. The van der Waals surface area contributed by atoms with Crippen molar-refractivity contribution in [3.05, 3.63) is 35.4 Å². The van der Waals surface area contributed by atoms with Gasteiger partial charge in [-0.1, -0.05) is 0 Å². The van der Waals surface area contributed by atoms with Gasteiger partial charge in [0.25, 0.3) is 0 Å². The third kappa shape index (κ3) is 3.70. The summed E-state index contributed by atoms with van der Waals surface area (Å²) in [6.45, 7) is 8.95. The number of hydrogen-bond donors (Lipinski definition) is 1. The van der Waals surface area contributed by atoms with E-state index in [4.69, 9.17) is 4.74 Å². The molecule has 0 fully saturated rings. The second kappa shape index (κ2) is 7.07. The molecular weight excluding hydrogens is 302 g/mol. The summed E-state index contributed by atoms with van der Waals surface area (Å²) in [6.07, 6.45) is 9.58. The second-order valence-corrected chi connectivity index (χ2v) is 7.56. The SMILES string of the molecule is COCCn1cc(CN[C@@H]2CCCc3c2cnn3C(C)(C)C)cn1. The van der Waals surface area contributed by atoms with Crippen LogP contribution in [0.15, 0.2) is 18.6 Å². The summed E-state index contributed by atoms with van der Waals surface area (Å²) in [5.41, 5.74) is 4.00. The Morgan fingerprint density at radius 1 is 1.29 bits per heavy atom. The van der Waals surface area contributed by atoms with Crippen LogP contribution in [-0.4, -0.2) is 33.3 Å². The number of fused-ring (bicyclic) bond motifs is 1. The van der Waals surface area contributed by atoms with Crippen LogP contribution in [0.1, 0.15) is 56.5 Å². The van der Waals surface area contributed by atoms with E-state index in [0.29, 0.717) is 12.6 Å². The minimum Gasteiger partial charge on any atom is -0.383 e. The van der Waals surface area contributed by atoms with E-state index in [-0.39, 0.29) is 5.54 Å². The van der Waals surface area contributed by atoms with E-state index in [1.165, 1.54) is 29.7 Å². The average molecular weight is 331 g/mol. The molecule has 0 amide bonds. The van der Waals surface area contributed by atoms with Gasteiger partial charge in [-0.05, 0) is 40.0 Å². The van der Waals surface area contributed by atoms with Crippen molar-refractivity contribution in [2.75, 3.05) is 13.7 Å². The molecule has 24 heavy (non-hydrogen) atoms. The Morgan fingerprint density at radius 3 is 2.88 bits per heavy atom. The van der Waals surface area contributed by atoms with Crippen LogP contribution in [0, 0.1) is 0 Å². The number of hydrogen-bond acceptors (Lipinski definition) is 4. The molecule has 6 nitrogen and oxygen atoms in total. The van der Waals surface area contributed by atoms with Gasteiger partial charge in [-0.15, -0.1) is 0 Å². The van der Waals surface area contributed by atoms with Crippen molar-refractivity contribution in [2.45, 2.75) is 64.7 Å². The lowest BCUT2D eigenvalue weighted by atomic mass is 9.92. The Balaban J connectivity index is 1.65. The molecule has 0 aromatic carbocycles. The summed E-state index contributed by atoms with van der Waals surface area (Å²) < 4.78 is 9.22. The molecule has 2 heterocycles. The third-order valence-electron chi connectivity index (χ3n) is 4.58. The minimum atomic E-state index is 0.0396. The number of methoxy groups -OCH3 is 1. The van der Waals surface area contributed by atoms with Crippen molar-refractivity contribution in [2.24, 2.45) is 0 Å². The first kappa shape index (κ1) is 17.2. The maximum absolute atomic E-state index is 5.09. The van der Waals surface area contributed by atoms with Crippen LogP contribution < -0.4 is 5.32 Å². The van der Waals surface area contributed by atoms with E-state index < -0.39 is 0 Å². The fraction of sp³-hybridized carbons (Fsp3) is 0.667. The fourth-order valence-corrected chi connectivity index (χ4v) is 3.39. The Kier molecular flexibility index (Phi) is 5.06. The summed E-state index contributed by atoms with van der Waals surface area (Å²) in [5.74, 6) is 0. The number of ether oxygens (including phenoxy) is 1. The van der Waals surface area contributed by atoms with Gasteiger partial charge in [-0.25, -0.2) is 0 Å². The monoisotopic (exact) mass is 331 g/mol. The van der Waals surface area contributed by atoms with Crippen molar-refractivity contribution in [1.82, 2.24) is 24.9 Å². The van der Waals surface area contributed by atoms with Gasteiger partial charge >= 0.3 is 0 Å². The molecule has 3 rings (SSSR count). The second-order valence-electron chi connectivity index (χ2n) is 7.56. The lowest BCUT2D eigenvalue weighted by Gasteiger charge is -2.28. The first-order valence-electron chi connectivity index (χ1n) is 8.80. The fourth-order valence-electron chi connectivity index (χ4n) is 3.39. The van der Waals surface area contributed by atoms with Crippen LogP contribution in [0.5, 0.6) is 0 Å². The van der Waals surface area contributed by atoms with E-state index >= 15 is 0 Å². The predicted molar refractivity (Wildman–Crippen MR) is 93.8 cm³/mol. The van der Waals surface area contributed by atoms with Crippen molar-refractivity contribution >= 4 is 0 Å². The van der Waals surface area contributed by atoms with Crippen molar-refractivity contribution in [3.8, 4) is 0 Å². The maximum atomic E-state index is 5.09. The highest BCUT2D eigenvalue weighted by molar-refractivity contribution is 5.26. The lowest BCUT2D eigenvalue weighted by molar-refractivity contribution is 0.183. The molecule has 1 N–H and O–H groups in total. The molecule has 0 saturated carbocycles. The molecule has 0 unspecified atom stereocenters. The van der Waals surface area contributed by atoms with Gasteiger partial charge in [0.15, 0.2) is 0 Å². The lowest BCUT2D eigenvalue weighted by Crippen LogP contribution is -2.29. The van der Waals surface area contributed by atoms with Gasteiger partial charge in [-0.2, -0.15) is 10.2 Å². The largest absolute Gasteiger partial charge is 0.383 e. The molecule has 1 atom stereocenters. The molecule has 0 aliphatic heterocycles. The standard InChI is InChI=1S/C18H29N5O/c1-18(2,3)23-17-7-5-6-16(15(17)12-21-23)19-10-14-11-20-22(13-14)8-9-24-4/h11-13,16,19H,5-10H2,1-4H3/t16-/m1/s1. The van der Waals surface area contributed by atoms with Crippen LogP contribution >= 0.6 is 0 Å². The van der Waals surface area contributed by atoms with Crippen LogP contribution in [-0.2, 0) is 29.8 Å². The Morgan fingerprint density at radius 2 is 2.12 bits per heavy atom. The summed E-state index contributed by atoms with van der Waals surface area (Å²) in [7, 11) is 1.71. The first-order valence-corrected chi connectivity index (χ1v) is 8.80. The van der Waals surface area contributed by atoms with Crippen LogP contribution in [0.25, 0.3) is 0 Å². The van der Waals surface area contributed by atoms with Crippen molar-refractivity contribution in [1.29, 1.82) is 0 Å². The summed E-state index contributed by atoms with van der Waals surface area (Å²) in [6, 6.07) is 0.382. The molecular formula is C18H29N5O. The molecule has 6 heteroatoms. The smallest absolute Gasteiger partial charge is 0.0658 e. The zero-order chi connectivity index (χ0) is 17.2.